The third kappa shape index (κ3) is 5.98. The van der Waals surface area contributed by atoms with Gasteiger partial charge in [0.25, 0.3) is 0 Å². The molecule has 0 radical (unpaired) electrons. The van der Waals surface area contributed by atoms with Crippen LogP contribution >= 0.6 is 0 Å². The zero-order valence-electron chi connectivity index (χ0n) is 16.0. The number of hydrogen-bond acceptors (Lipinski definition) is 1. The molecular weight excluding hydrogens is 356 g/mol. The van der Waals surface area contributed by atoms with Crippen molar-refractivity contribution >= 4 is 0 Å². The summed E-state index contributed by atoms with van der Waals surface area (Å²) < 4.78 is 54.5. The number of hydrogen-bond donors (Lipinski definition) is 0. The highest BCUT2D eigenvalue weighted by Crippen LogP contribution is 2.44. The molecule has 1 aromatic carbocycles. The van der Waals surface area contributed by atoms with Gasteiger partial charge < -0.3 is 4.74 Å². The fourth-order valence-electron chi connectivity index (χ4n) is 4.69. The molecule has 0 saturated heterocycles. The second-order valence-electron chi connectivity index (χ2n) is 7.85. The van der Waals surface area contributed by atoms with Crippen LogP contribution in [0.5, 0.6) is 5.75 Å². The van der Waals surface area contributed by atoms with Crippen molar-refractivity contribution in [3.05, 3.63) is 42.2 Å². The van der Waals surface area contributed by atoms with Crippen LogP contribution in [0.4, 0.5) is 17.6 Å². The maximum atomic E-state index is 13.9. The van der Waals surface area contributed by atoms with Gasteiger partial charge in [-0.15, -0.1) is 0 Å². The van der Waals surface area contributed by atoms with E-state index in [1.54, 1.807) is 0 Å². The number of rotatable bonds is 4. The van der Waals surface area contributed by atoms with Crippen molar-refractivity contribution in [3.63, 3.8) is 0 Å². The van der Waals surface area contributed by atoms with E-state index in [-0.39, 0.29) is 12.2 Å². The molecule has 2 aliphatic rings. The molecule has 0 unspecified atom stereocenters. The van der Waals surface area contributed by atoms with E-state index in [4.69, 9.17) is 0 Å². The summed E-state index contributed by atoms with van der Waals surface area (Å²) >= 11 is 0. The highest BCUT2D eigenvalue weighted by molar-refractivity contribution is 5.33. The van der Waals surface area contributed by atoms with Crippen LogP contribution in [0.15, 0.2) is 25.0 Å². The van der Waals surface area contributed by atoms with E-state index in [1.807, 2.05) is 0 Å². The van der Waals surface area contributed by atoms with Gasteiger partial charge in [-0.2, -0.15) is 0 Å². The Kier molecular flexibility index (Phi) is 8.65. The summed E-state index contributed by atoms with van der Waals surface area (Å²) in [5, 5.41) is 0. The van der Waals surface area contributed by atoms with Gasteiger partial charge in [-0.3, -0.25) is 0 Å². The lowest BCUT2D eigenvalue weighted by Crippen LogP contribution is -2.24. The van der Waals surface area contributed by atoms with Gasteiger partial charge >= 0.3 is 0 Å². The van der Waals surface area contributed by atoms with E-state index >= 15 is 0 Å². The van der Waals surface area contributed by atoms with Gasteiger partial charge in [0.1, 0.15) is 0 Å². The van der Waals surface area contributed by atoms with Crippen molar-refractivity contribution in [3.8, 4) is 5.75 Å². The van der Waals surface area contributed by atoms with E-state index in [0.29, 0.717) is 5.56 Å². The van der Waals surface area contributed by atoms with Crippen LogP contribution in [0.2, 0.25) is 0 Å². The van der Waals surface area contributed by atoms with Crippen LogP contribution in [0.25, 0.3) is 0 Å². The Balaban J connectivity index is 0.000000817. The lowest BCUT2D eigenvalue weighted by Gasteiger charge is -2.37. The van der Waals surface area contributed by atoms with Gasteiger partial charge in [-0.25, -0.2) is 17.6 Å². The van der Waals surface area contributed by atoms with Crippen molar-refractivity contribution in [2.45, 2.75) is 64.2 Å². The van der Waals surface area contributed by atoms with E-state index in [2.05, 4.69) is 18.2 Å². The zero-order valence-corrected chi connectivity index (χ0v) is 16.0. The Morgan fingerprint density at radius 3 is 1.85 bits per heavy atom. The Hall–Kier alpha value is -1.52. The first-order valence-electron chi connectivity index (χ1n) is 9.88. The van der Waals surface area contributed by atoms with Gasteiger partial charge in [0.15, 0.2) is 17.4 Å². The molecule has 0 spiro atoms. The highest BCUT2D eigenvalue weighted by atomic mass is 19.1. The van der Waals surface area contributed by atoms with Crippen LogP contribution in [0.1, 0.15) is 69.8 Å². The second-order valence-corrected chi connectivity index (χ2v) is 7.85. The van der Waals surface area contributed by atoms with E-state index < -0.39 is 24.2 Å². The van der Waals surface area contributed by atoms with E-state index in [1.165, 1.54) is 37.8 Å². The maximum Gasteiger partial charge on any atom is 0.228 e. The summed E-state index contributed by atoms with van der Waals surface area (Å²) in [6.07, 6.45) is 9.89. The van der Waals surface area contributed by atoms with Crippen molar-refractivity contribution in [2.24, 2.45) is 17.8 Å². The molecule has 2 saturated carbocycles. The van der Waals surface area contributed by atoms with E-state index in [9.17, 15) is 17.6 Å². The fourth-order valence-corrected chi connectivity index (χ4v) is 4.69. The fraction of sp³-hybridized carbons (Fsp3) is 0.636. The molecule has 0 aliphatic heterocycles. The van der Waals surface area contributed by atoms with Gasteiger partial charge in [-0.1, -0.05) is 26.3 Å². The van der Waals surface area contributed by atoms with Crippen LogP contribution < -0.4 is 4.74 Å². The summed E-state index contributed by atoms with van der Waals surface area (Å²) in [6, 6.07) is 2.64. The molecule has 27 heavy (non-hydrogen) atoms. The average Bonchev–Trinajstić information content (AvgIpc) is 2.66. The molecule has 3 rings (SSSR count). The molecule has 1 aromatic rings. The first-order chi connectivity index (χ1) is 13.0. The van der Waals surface area contributed by atoms with Crippen molar-refractivity contribution in [2.75, 3.05) is 6.86 Å². The Morgan fingerprint density at radius 1 is 0.963 bits per heavy atom. The van der Waals surface area contributed by atoms with Crippen LogP contribution in [-0.4, -0.2) is 6.86 Å². The molecule has 0 N–H and O–H groups in total. The number of ether oxygens (including phenoxy) is 1. The topological polar surface area (TPSA) is 9.23 Å². The molecule has 1 nitrogen and oxygen atoms in total. The molecule has 0 aromatic heterocycles. The van der Waals surface area contributed by atoms with Gasteiger partial charge in [0, 0.05) is 0 Å². The summed E-state index contributed by atoms with van der Waals surface area (Å²) in [5.41, 5.74) is 0.687. The molecule has 5 heteroatoms. The molecule has 2 fully saturated rings. The third-order valence-corrected chi connectivity index (χ3v) is 6.19. The minimum Gasteiger partial charge on any atom is -0.457 e. The smallest absolute Gasteiger partial charge is 0.228 e. The lowest BCUT2D eigenvalue weighted by molar-refractivity contribution is 0.164. The summed E-state index contributed by atoms with van der Waals surface area (Å²) in [5.74, 6) is 0.484. The Morgan fingerprint density at radius 2 is 1.41 bits per heavy atom. The summed E-state index contributed by atoms with van der Waals surface area (Å²) in [7, 11) is 0. The summed E-state index contributed by atoms with van der Waals surface area (Å²) in [6.45, 7) is 3.81. The normalized spacial score (nSPS) is 28.0. The zero-order chi connectivity index (χ0) is 19.8. The Bertz CT molecular complexity index is 565. The monoisotopic (exact) mass is 386 g/mol. The minimum atomic E-state index is -1.22. The maximum absolute atomic E-state index is 13.9. The predicted molar refractivity (Wildman–Crippen MR) is 100 cm³/mol. The molecule has 0 bridgehead atoms. The van der Waals surface area contributed by atoms with Gasteiger partial charge in [0.2, 0.25) is 6.86 Å². The van der Waals surface area contributed by atoms with Crippen molar-refractivity contribution in [1.82, 2.24) is 0 Å². The molecule has 0 heterocycles. The first kappa shape index (κ1) is 21.8. The first-order valence-corrected chi connectivity index (χ1v) is 9.88. The van der Waals surface area contributed by atoms with Crippen LogP contribution in [-0.2, 0) is 0 Å². The minimum absolute atomic E-state index is 0.201. The quantitative estimate of drug-likeness (QED) is 0.488. The third-order valence-electron chi connectivity index (χ3n) is 6.19. The van der Waals surface area contributed by atoms with Crippen molar-refractivity contribution in [1.29, 1.82) is 0 Å². The molecular formula is C22H30F4O. The van der Waals surface area contributed by atoms with Crippen molar-refractivity contribution < 1.29 is 22.3 Å². The number of halogens is 4. The molecule has 152 valence electrons. The van der Waals surface area contributed by atoms with Crippen LogP contribution in [0.3, 0.4) is 0 Å². The highest BCUT2D eigenvalue weighted by Gasteiger charge is 2.31. The molecule has 0 amide bonds. The standard InChI is InChI=1S/C20H27F3O.C2H3F/c1-13-2-4-14(5-3-13)15-6-8-16(9-7-15)17-10-18(22)20(24-12-21)19(23)11-17;1-2-3/h10-11,13-16H,2-9,12H2,1H3;2H,1H2. The molecule has 0 atom stereocenters. The number of benzene rings is 1. The van der Waals surface area contributed by atoms with E-state index in [0.717, 1.165) is 43.4 Å². The number of alkyl halides is 1. The Labute approximate surface area is 159 Å². The largest absolute Gasteiger partial charge is 0.457 e. The predicted octanol–water partition coefficient (Wildman–Crippen LogP) is 7.47. The van der Waals surface area contributed by atoms with Gasteiger partial charge in [-0.05, 0) is 79.9 Å². The van der Waals surface area contributed by atoms with Gasteiger partial charge in [0.05, 0.1) is 6.33 Å². The summed E-state index contributed by atoms with van der Waals surface area (Å²) in [4.78, 5) is 0. The van der Waals surface area contributed by atoms with Crippen LogP contribution in [0, 0.1) is 29.4 Å². The second kappa shape index (κ2) is 10.7. The SMILES string of the molecule is C=CF.CC1CCC(C2CCC(c3cc(F)c(OCF)c(F)c3)CC2)CC1. The lowest BCUT2D eigenvalue weighted by atomic mass is 9.68. The average molecular weight is 386 g/mol. The molecule has 2 aliphatic carbocycles.